The Morgan fingerprint density at radius 2 is 1.68 bits per heavy atom. The fraction of sp³-hybridized carbons (Fsp3) is 0.444. The monoisotopic (exact) mass is 464 g/mol. The summed E-state index contributed by atoms with van der Waals surface area (Å²) in [5.74, 6) is 2.20. The minimum Gasteiger partial charge on any atom is -0.497 e. The molecular weight excluding hydrogens is 432 g/mol. The van der Waals surface area contributed by atoms with Gasteiger partial charge in [0, 0.05) is 55.4 Å². The lowest BCUT2D eigenvalue weighted by atomic mass is 10.1. The molecule has 0 radical (unpaired) electrons. The third-order valence-corrected chi connectivity index (χ3v) is 6.94. The number of fused-ring (bicyclic) bond motifs is 3. The standard InChI is InChI=1S/C27H32N2O5/c1-31-20-9-7-19(8-10-20)29-14-12-28(13-15-29)11-4-16-33-26-17-23-21-5-3-6-22(21)27(30)34-24(23)18-25(26)32-2/h7-10,17-18H,3-6,11-16H2,1-2H3. The van der Waals surface area contributed by atoms with Crippen LogP contribution in [0.1, 0.15) is 24.0 Å². The Hall–Kier alpha value is -3.19. The van der Waals surface area contributed by atoms with Crippen molar-refractivity contribution in [3.8, 4) is 17.2 Å². The fourth-order valence-corrected chi connectivity index (χ4v) is 5.05. The van der Waals surface area contributed by atoms with E-state index in [1.54, 1.807) is 20.3 Å². The van der Waals surface area contributed by atoms with Crippen molar-refractivity contribution in [3.63, 3.8) is 0 Å². The van der Waals surface area contributed by atoms with Gasteiger partial charge in [-0.25, -0.2) is 4.79 Å². The summed E-state index contributed by atoms with van der Waals surface area (Å²) >= 11 is 0. The van der Waals surface area contributed by atoms with Crippen molar-refractivity contribution in [1.29, 1.82) is 0 Å². The van der Waals surface area contributed by atoms with Crippen LogP contribution in [0.5, 0.6) is 17.2 Å². The van der Waals surface area contributed by atoms with E-state index in [1.807, 2.05) is 18.2 Å². The molecule has 2 heterocycles. The Morgan fingerprint density at radius 1 is 0.912 bits per heavy atom. The summed E-state index contributed by atoms with van der Waals surface area (Å²) in [5.41, 5.74) is 3.52. The second-order valence-corrected chi connectivity index (χ2v) is 8.93. The van der Waals surface area contributed by atoms with E-state index in [1.165, 1.54) is 5.69 Å². The normalized spacial score (nSPS) is 16.0. The number of piperazine rings is 1. The highest BCUT2D eigenvalue weighted by Gasteiger charge is 2.22. The quantitative estimate of drug-likeness (QED) is 0.370. The van der Waals surface area contributed by atoms with Crippen LogP contribution in [0.4, 0.5) is 5.69 Å². The first-order chi connectivity index (χ1) is 16.7. The van der Waals surface area contributed by atoms with Crippen molar-refractivity contribution >= 4 is 16.7 Å². The molecular formula is C27H32N2O5. The van der Waals surface area contributed by atoms with E-state index in [0.717, 1.165) is 80.7 Å². The molecule has 3 aromatic rings. The minimum atomic E-state index is -0.220. The molecule has 5 rings (SSSR count). The number of methoxy groups -OCH3 is 2. The summed E-state index contributed by atoms with van der Waals surface area (Å²) in [7, 11) is 3.31. The number of ether oxygens (including phenoxy) is 3. The van der Waals surface area contributed by atoms with E-state index in [0.29, 0.717) is 23.7 Å². The van der Waals surface area contributed by atoms with Crippen LogP contribution in [0, 0.1) is 0 Å². The first kappa shape index (κ1) is 22.6. The highest BCUT2D eigenvalue weighted by molar-refractivity contribution is 5.85. The van der Waals surface area contributed by atoms with Gasteiger partial charge in [0.15, 0.2) is 11.5 Å². The van der Waals surface area contributed by atoms with Crippen LogP contribution in [0.3, 0.4) is 0 Å². The van der Waals surface area contributed by atoms with Gasteiger partial charge in [0.1, 0.15) is 11.3 Å². The fourth-order valence-electron chi connectivity index (χ4n) is 5.05. The second kappa shape index (κ2) is 9.97. The van der Waals surface area contributed by atoms with Crippen molar-refractivity contribution in [2.24, 2.45) is 0 Å². The van der Waals surface area contributed by atoms with Gasteiger partial charge in [-0.15, -0.1) is 0 Å². The number of hydrogen-bond donors (Lipinski definition) is 0. The predicted octanol–water partition coefficient (Wildman–Crippen LogP) is 3.89. The lowest BCUT2D eigenvalue weighted by Gasteiger charge is -2.36. The van der Waals surface area contributed by atoms with Gasteiger partial charge in [0.05, 0.1) is 20.8 Å². The summed E-state index contributed by atoms with van der Waals surface area (Å²) in [6, 6.07) is 12.0. The van der Waals surface area contributed by atoms with Crippen molar-refractivity contribution in [2.45, 2.75) is 25.7 Å². The van der Waals surface area contributed by atoms with Crippen LogP contribution in [0.25, 0.3) is 11.0 Å². The molecule has 0 bridgehead atoms. The number of anilines is 1. The molecule has 2 aliphatic rings. The maximum Gasteiger partial charge on any atom is 0.339 e. The SMILES string of the molecule is COc1ccc(N2CCN(CCCOc3cc4c5c(c(=O)oc4cc3OC)CCC5)CC2)cc1. The Bertz CT molecular complexity index is 1200. The predicted molar refractivity (Wildman–Crippen MR) is 133 cm³/mol. The summed E-state index contributed by atoms with van der Waals surface area (Å²) in [6.07, 6.45) is 3.63. The molecule has 0 spiro atoms. The second-order valence-electron chi connectivity index (χ2n) is 8.93. The minimum absolute atomic E-state index is 0.220. The first-order valence-electron chi connectivity index (χ1n) is 12.1. The Balaban J connectivity index is 1.15. The molecule has 0 unspecified atom stereocenters. The summed E-state index contributed by atoms with van der Waals surface area (Å²) < 4.78 is 22.5. The number of benzene rings is 2. The van der Waals surface area contributed by atoms with Gasteiger partial charge >= 0.3 is 5.63 Å². The molecule has 2 aromatic carbocycles. The Kier molecular flexibility index (Phi) is 6.63. The Labute approximate surface area is 199 Å². The average Bonchev–Trinajstić information content (AvgIpc) is 3.38. The van der Waals surface area contributed by atoms with E-state index < -0.39 is 0 Å². The highest BCUT2D eigenvalue weighted by Crippen LogP contribution is 2.36. The van der Waals surface area contributed by atoms with Crippen LogP contribution >= 0.6 is 0 Å². The molecule has 7 nitrogen and oxygen atoms in total. The van der Waals surface area contributed by atoms with Crippen LogP contribution in [0.15, 0.2) is 45.6 Å². The Morgan fingerprint density at radius 3 is 2.41 bits per heavy atom. The van der Waals surface area contributed by atoms with E-state index in [4.69, 9.17) is 18.6 Å². The highest BCUT2D eigenvalue weighted by atomic mass is 16.5. The average molecular weight is 465 g/mol. The van der Waals surface area contributed by atoms with Crippen LogP contribution in [-0.4, -0.2) is 58.5 Å². The van der Waals surface area contributed by atoms with Gasteiger partial charge in [-0.05, 0) is 61.6 Å². The topological polar surface area (TPSA) is 64.4 Å². The van der Waals surface area contributed by atoms with Gasteiger partial charge in [-0.3, -0.25) is 4.90 Å². The van der Waals surface area contributed by atoms with Gasteiger partial charge < -0.3 is 23.5 Å². The maximum atomic E-state index is 12.2. The third kappa shape index (κ3) is 4.57. The van der Waals surface area contributed by atoms with E-state index in [9.17, 15) is 4.79 Å². The number of rotatable bonds is 8. The van der Waals surface area contributed by atoms with Gasteiger partial charge in [-0.2, -0.15) is 0 Å². The van der Waals surface area contributed by atoms with E-state index >= 15 is 0 Å². The van der Waals surface area contributed by atoms with Gasteiger partial charge in [-0.1, -0.05) is 0 Å². The molecule has 1 saturated heterocycles. The van der Waals surface area contributed by atoms with Crippen molar-refractivity contribution < 1.29 is 18.6 Å². The zero-order valence-electron chi connectivity index (χ0n) is 20.0. The van der Waals surface area contributed by atoms with Crippen LogP contribution in [0.2, 0.25) is 0 Å². The molecule has 0 amide bonds. The molecule has 1 fully saturated rings. The van der Waals surface area contributed by atoms with Crippen LogP contribution < -0.4 is 24.7 Å². The molecule has 0 N–H and O–H groups in total. The molecule has 7 heteroatoms. The van der Waals surface area contributed by atoms with E-state index in [-0.39, 0.29) is 5.63 Å². The molecule has 0 saturated carbocycles. The van der Waals surface area contributed by atoms with Crippen LogP contribution in [-0.2, 0) is 12.8 Å². The lowest BCUT2D eigenvalue weighted by molar-refractivity contribution is 0.221. The summed E-state index contributed by atoms with van der Waals surface area (Å²) in [5, 5.41) is 0.970. The molecule has 0 atom stereocenters. The molecule has 1 aromatic heterocycles. The maximum absolute atomic E-state index is 12.2. The largest absolute Gasteiger partial charge is 0.497 e. The van der Waals surface area contributed by atoms with Crippen molar-refractivity contribution in [1.82, 2.24) is 4.90 Å². The third-order valence-electron chi connectivity index (χ3n) is 6.94. The number of hydrogen-bond acceptors (Lipinski definition) is 7. The summed E-state index contributed by atoms with van der Waals surface area (Å²) in [6.45, 7) is 5.72. The van der Waals surface area contributed by atoms with Gasteiger partial charge in [0.2, 0.25) is 0 Å². The van der Waals surface area contributed by atoms with Gasteiger partial charge in [0.25, 0.3) is 0 Å². The number of aryl methyl sites for hydroxylation is 1. The molecule has 1 aliphatic carbocycles. The number of nitrogens with zero attached hydrogens (tertiary/aromatic N) is 2. The first-order valence-corrected chi connectivity index (χ1v) is 12.1. The van der Waals surface area contributed by atoms with Crippen molar-refractivity contribution in [2.75, 3.05) is 58.5 Å². The molecule has 1 aliphatic heterocycles. The van der Waals surface area contributed by atoms with Crippen molar-refractivity contribution in [3.05, 3.63) is 57.9 Å². The summed E-state index contributed by atoms with van der Waals surface area (Å²) in [4.78, 5) is 17.2. The van der Waals surface area contributed by atoms with E-state index in [2.05, 4.69) is 21.9 Å². The lowest BCUT2D eigenvalue weighted by Crippen LogP contribution is -2.46. The smallest absolute Gasteiger partial charge is 0.339 e. The zero-order valence-corrected chi connectivity index (χ0v) is 20.0. The molecule has 34 heavy (non-hydrogen) atoms. The molecule has 180 valence electrons. The zero-order chi connectivity index (χ0) is 23.5.